The Balaban J connectivity index is 1.51. The van der Waals surface area contributed by atoms with Gasteiger partial charge in [0.25, 0.3) is 0 Å². The Bertz CT molecular complexity index is 701. The molecule has 1 aliphatic rings. The van der Waals surface area contributed by atoms with Crippen molar-refractivity contribution < 1.29 is 19.4 Å². The molecule has 126 valence electrons. The summed E-state index contributed by atoms with van der Waals surface area (Å²) in [5.41, 5.74) is 1.02. The molecule has 0 radical (unpaired) electrons. The number of rotatable bonds is 5. The summed E-state index contributed by atoms with van der Waals surface area (Å²) >= 11 is 0. The predicted octanol–water partition coefficient (Wildman–Crippen LogP) is 0.416. The Hall–Kier alpha value is -2.94. The van der Waals surface area contributed by atoms with Gasteiger partial charge in [-0.2, -0.15) is 0 Å². The van der Waals surface area contributed by atoms with E-state index in [1.54, 1.807) is 29.2 Å². The first-order valence-corrected chi connectivity index (χ1v) is 7.43. The summed E-state index contributed by atoms with van der Waals surface area (Å²) in [4.78, 5) is 22.8. The molecule has 0 aliphatic carbocycles. The van der Waals surface area contributed by atoms with E-state index >= 15 is 0 Å². The Labute approximate surface area is 137 Å². The lowest BCUT2D eigenvalue weighted by atomic mass is 10.1. The Kier molecular flexibility index (Phi) is 4.71. The zero-order valence-corrected chi connectivity index (χ0v) is 12.8. The van der Waals surface area contributed by atoms with Gasteiger partial charge in [0.1, 0.15) is 0 Å². The summed E-state index contributed by atoms with van der Waals surface area (Å²) in [6, 6.07) is 5.74. The summed E-state index contributed by atoms with van der Waals surface area (Å²) in [6.45, 7) is 1.17. The Morgan fingerprint density at radius 2 is 2.08 bits per heavy atom. The highest BCUT2D eigenvalue weighted by Gasteiger charge is 2.31. The monoisotopic (exact) mass is 331 g/mol. The molecule has 1 aromatic carbocycles. The van der Waals surface area contributed by atoms with Crippen molar-refractivity contribution in [3.63, 3.8) is 0 Å². The summed E-state index contributed by atoms with van der Waals surface area (Å²) in [5, 5.41) is 22.2. The van der Waals surface area contributed by atoms with Crippen molar-refractivity contribution in [2.75, 3.05) is 13.2 Å². The normalized spacial score (nSPS) is 19.8. The van der Waals surface area contributed by atoms with Gasteiger partial charge in [-0.1, -0.05) is 17.3 Å². The number of aromatic nitrogens is 3. The number of carboxylic acids is 1. The minimum Gasteiger partial charge on any atom is -0.478 e. The van der Waals surface area contributed by atoms with Gasteiger partial charge in [-0.05, 0) is 17.7 Å². The number of benzene rings is 1. The molecule has 0 bridgehead atoms. The third-order valence-electron chi connectivity index (χ3n) is 3.80. The number of aromatic carboxylic acids is 1. The SMILES string of the molecule is O=C(NCc1ccc(C(=O)O)cc1)N[C@H]1COC[C@H]1n1ccnn1. The van der Waals surface area contributed by atoms with E-state index in [9.17, 15) is 9.59 Å². The zero-order chi connectivity index (χ0) is 16.9. The van der Waals surface area contributed by atoms with E-state index in [1.165, 1.54) is 12.1 Å². The maximum atomic E-state index is 12.0. The fourth-order valence-corrected chi connectivity index (χ4v) is 2.50. The van der Waals surface area contributed by atoms with E-state index in [2.05, 4.69) is 20.9 Å². The second kappa shape index (κ2) is 7.09. The van der Waals surface area contributed by atoms with Gasteiger partial charge < -0.3 is 20.5 Å². The molecule has 24 heavy (non-hydrogen) atoms. The van der Waals surface area contributed by atoms with Gasteiger partial charge in [0.05, 0.1) is 37.1 Å². The first-order valence-electron chi connectivity index (χ1n) is 7.43. The molecule has 2 aromatic rings. The molecule has 2 amide bonds. The second-order valence-corrected chi connectivity index (χ2v) is 5.42. The van der Waals surface area contributed by atoms with Crippen molar-refractivity contribution in [2.45, 2.75) is 18.6 Å². The molecular weight excluding hydrogens is 314 g/mol. The third-order valence-corrected chi connectivity index (χ3v) is 3.80. The van der Waals surface area contributed by atoms with E-state index in [0.29, 0.717) is 19.8 Å². The lowest BCUT2D eigenvalue weighted by Crippen LogP contribution is -2.45. The molecule has 2 atom stereocenters. The van der Waals surface area contributed by atoms with E-state index in [-0.39, 0.29) is 23.7 Å². The van der Waals surface area contributed by atoms with E-state index in [1.807, 2.05) is 0 Å². The zero-order valence-electron chi connectivity index (χ0n) is 12.8. The van der Waals surface area contributed by atoms with Gasteiger partial charge in [0, 0.05) is 12.7 Å². The van der Waals surface area contributed by atoms with Crippen LogP contribution in [0.3, 0.4) is 0 Å². The molecular formula is C15H17N5O4. The van der Waals surface area contributed by atoms with Crippen LogP contribution < -0.4 is 10.6 Å². The summed E-state index contributed by atoms with van der Waals surface area (Å²) < 4.78 is 7.08. The van der Waals surface area contributed by atoms with E-state index in [0.717, 1.165) is 5.56 Å². The molecule has 2 heterocycles. The van der Waals surface area contributed by atoms with Crippen LogP contribution in [0.25, 0.3) is 0 Å². The van der Waals surface area contributed by atoms with Crippen molar-refractivity contribution in [3.05, 3.63) is 47.8 Å². The maximum Gasteiger partial charge on any atom is 0.335 e. The molecule has 1 fully saturated rings. The highest BCUT2D eigenvalue weighted by molar-refractivity contribution is 5.87. The number of hydrogen-bond acceptors (Lipinski definition) is 5. The third kappa shape index (κ3) is 3.69. The van der Waals surface area contributed by atoms with Crippen LogP contribution in [0.2, 0.25) is 0 Å². The first-order chi connectivity index (χ1) is 11.6. The smallest absolute Gasteiger partial charge is 0.335 e. The van der Waals surface area contributed by atoms with Crippen LogP contribution in [0.1, 0.15) is 22.0 Å². The highest BCUT2D eigenvalue weighted by Crippen LogP contribution is 2.18. The second-order valence-electron chi connectivity index (χ2n) is 5.42. The maximum absolute atomic E-state index is 12.0. The number of carbonyl (C=O) groups is 2. The number of urea groups is 1. The number of carbonyl (C=O) groups excluding carboxylic acids is 1. The molecule has 0 unspecified atom stereocenters. The average Bonchev–Trinajstić information content (AvgIpc) is 3.24. The highest BCUT2D eigenvalue weighted by atomic mass is 16.5. The van der Waals surface area contributed by atoms with Crippen LogP contribution in [-0.4, -0.2) is 51.4 Å². The van der Waals surface area contributed by atoms with Crippen LogP contribution >= 0.6 is 0 Å². The van der Waals surface area contributed by atoms with Crippen molar-refractivity contribution >= 4 is 12.0 Å². The molecule has 1 aromatic heterocycles. The number of nitrogens with zero attached hydrogens (tertiary/aromatic N) is 3. The fourth-order valence-electron chi connectivity index (χ4n) is 2.50. The van der Waals surface area contributed by atoms with Gasteiger partial charge in [-0.15, -0.1) is 5.10 Å². The van der Waals surface area contributed by atoms with Crippen molar-refractivity contribution in [1.29, 1.82) is 0 Å². The quantitative estimate of drug-likeness (QED) is 0.730. The number of amides is 2. The fraction of sp³-hybridized carbons (Fsp3) is 0.333. The Morgan fingerprint density at radius 3 is 2.75 bits per heavy atom. The van der Waals surface area contributed by atoms with Crippen molar-refractivity contribution in [1.82, 2.24) is 25.6 Å². The van der Waals surface area contributed by atoms with Gasteiger partial charge in [0.2, 0.25) is 0 Å². The molecule has 1 aliphatic heterocycles. The van der Waals surface area contributed by atoms with Gasteiger partial charge >= 0.3 is 12.0 Å². The number of ether oxygens (including phenoxy) is 1. The molecule has 0 saturated carbocycles. The number of nitrogens with one attached hydrogen (secondary N) is 2. The van der Waals surface area contributed by atoms with E-state index in [4.69, 9.17) is 9.84 Å². The standard InChI is InChI=1S/C15H17N5O4/c21-14(22)11-3-1-10(2-4-11)7-16-15(23)18-12-8-24-9-13(12)20-6-5-17-19-20/h1-6,12-13H,7-9H2,(H,21,22)(H2,16,18,23)/t12-,13+/m0/s1. The van der Waals surface area contributed by atoms with Crippen LogP contribution in [-0.2, 0) is 11.3 Å². The molecule has 3 rings (SSSR count). The first kappa shape index (κ1) is 15.9. The minimum absolute atomic E-state index is 0.0897. The molecule has 9 heteroatoms. The average molecular weight is 331 g/mol. The lowest BCUT2D eigenvalue weighted by molar-refractivity contribution is 0.0697. The van der Waals surface area contributed by atoms with Gasteiger partial charge in [0.15, 0.2) is 0 Å². The van der Waals surface area contributed by atoms with Crippen LogP contribution in [0.15, 0.2) is 36.7 Å². The van der Waals surface area contributed by atoms with Crippen LogP contribution in [0, 0.1) is 0 Å². The summed E-state index contributed by atoms with van der Waals surface area (Å²) in [6.07, 6.45) is 3.31. The predicted molar refractivity (Wildman–Crippen MR) is 82.4 cm³/mol. The van der Waals surface area contributed by atoms with E-state index < -0.39 is 5.97 Å². The molecule has 9 nitrogen and oxygen atoms in total. The summed E-state index contributed by atoms with van der Waals surface area (Å²) in [7, 11) is 0. The van der Waals surface area contributed by atoms with Crippen LogP contribution in [0.4, 0.5) is 4.79 Å². The lowest BCUT2D eigenvalue weighted by Gasteiger charge is -2.19. The Morgan fingerprint density at radius 1 is 1.29 bits per heavy atom. The van der Waals surface area contributed by atoms with Crippen molar-refractivity contribution in [2.24, 2.45) is 0 Å². The van der Waals surface area contributed by atoms with Crippen molar-refractivity contribution in [3.8, 4) is 0 Å². The van der Waals surface area contributed by atoms with Crippen LogP contribution in [0.5, 0.6) is 0 Å². The number of hydrogen-bond donors (Lipinski definition) is 3. The molecule has 3 N–H and O–H groups in total. The molecule has 1 saturated heterocycles. The largest absolute Gasteiger partial charge is 0.478 e. The minimum atomic E-state index is -0.979. The summed E-state index contributed by atoms with van der Waals surface area (Å²) in [5.74, 6) is -0.979. The van der Waals surface area contributed by atoms with Gasteiger partial charge in [-0.25, -0.2) is 14.3 Å². The molecule has 0 spiro atoms. The topological polar surface area (TPSA) is 118 Å². The number of carboxylic acid groups (broad SMARTS) is 1. The van der Waals surface area contributed by atoms with Gasteiger partial charge in [-0.3, -0.25) is 0 Å².